The summed E-state index contributed by atoms with van der Waals surface area (Å²) >= 11 is 0. The summed E-state index contributed by atoms with van der Waals surface area (Å²) in [5.41, 5.74) is 7.85. The highest BCUT2D eigenvalue weighted by molar-refractivity contribution is 7.89. The van der Waals surface area contributed by atoms with Crippen molar-refractivity contribution < 1.29 is 51.3 Å². The second kappa shape index (κ2) is 14.5. The molecule has 0 radical (unpaired) electrons. The highest BCUT2D eigenvalue weighted by Crippen LogP contribution is 2.43. The van der Waals surface area contributed by atoms with Gasteiger partial charge in [0.25, 0.3) is 0 Å². The standard InChI is InChI=1S/C34H43N3O11S/c1-19(2)15-37(49(40,41)24-9-10-28-29(14-24)46-18-45-28)31(27-17-44-33-25(27)11-12-42-33)32(38)30(47-34(35)39)13-22-5-7-23(8-6-22)43-16-26-20(3)36-48-21(26)4/h5-10,14,19,25,27,30-33,38H,11-13,15-18H2,1-4H3,(H2,35,39)/t25-,27?,30-,31+,32-,33+/m0/s1. The molecular weight excluding hydrogens is 658 g/mol. The molecule has 266 valence electrons. The molecule has 49 heavy (non-hydrogen) atoms. The number of fused-ring (bicyclic) bond motifs is 2. The Labute approximate surface area is 285 Å². The molecule has 2 fully saturated rings. The third-order valence-electron chi connectivity index (χ3n) is 9.28. The molecular formula is C34H43N3O11S. The number of nitrogens with two attached hydrogens (primary N) is 1. The van der Waals surface area contributed by atoms with Crippen LogP contribution in [-0.4, -0.2) is 80.2 Å². The number of hydrogen-bond donors (Lipinski definition) is 2. The Balaban J connectivity index is 1.31. The Morgan fingerprint density at radius 2 is 1.86 bits per heavy atom. The van der Waals surface area contributed by atoms with Crippen molar-refractivity contribution in [3.8, 4) is 17.2 Å². The monoisotopic (exact) mass is 701 g/mol. The van der Waals surface area contributed by atoms with Crippen molar-refractivity contribution in [2.75, 3.05) is 26.6 Å². The van der Waals surface area contributed by atoms with Crippen molar-refractivity contribution >= 4 is 16.1 Å². The van der Waals surface area contributed by atoms with Gasteiger partial charge < -0.3 is 43.8 Å². The van der Waals surface area contributed by atoms with Gasteiger partial charge in [0.15, 0.2) is 17.8 Å². The Bertz CT molecular complexity index is 1710. The first-order valence-corrected chi connectivity index (χ1v) is 17.8. The lowest BCUT2D eigenvalue weighted by Crippen LogP contribution is -2.58. The molecule has 0 saturated carbocycles. The summed E-state index contributed by atoms with van der Waals surface area (Å²) in [6.45, 7) is 8.35. The summed E-state index contributed by atoms with van der Waals surface area (Å²) in [5.74, 6) is 1.21. The molecule has 0 aliphatic carbocycles. The van der Waals surface area contributed by atoms with Crippen LogP contribution in [0.4, 0.5) is 4.79 Å². The van der Waals surface area contributed by atoms with Crippen molar-refractivity contribution in [2.24, 2.45) is 23.5 Å². The number of carbonyl (C=O) groups is 1. The average Bonchev–Trinajstić information content (AvgIpc) is 3.86. The van der Waals surface area contributed by atoms with Gasteiger partial charge in [0.1, 0.15) is 30.3 Å². The van der Waals surface area contributed by atoms with Crippen molar-refractivity contribution in [3.05, 3.63) is 65.0 Å². The maximum absolute atomic E-state index is 14.6. The Hall–Kier alpha value is -3.89. The van der Waals surface area contributed by atoms with Crippen molar-refractivity contribution in [2.45, 2.75) is 76.6 Å². The van der Waals surface area contributed by atoms with Crippen LogP contribution in [0.1, 0.15) is 42.8 Å². The molecule has 4 heterocycles. The third-order valence-corrected chi connectivity index (χ3v) is 11.1. The molecule has 0 spiro atoms. The number of ether oxygens (including phenoxy) is 6. The van der Waals surface area contributed by atoms with Crippen molar-refractivity contribution in [1.82, 2.24) is 9.46 Å². The SMILES string of the molecule is Cc1noc(C)c1COc1ccc(C[C@H](OC(N)=O)[C@H](O)[C@@H](C2CO[C@H]3OCC[C@@H]23)N(CC(C)C)S(=O)(=O)c2ccc3c(c2)OCO3)cc1. The third kappa shape index (κ3) is 7.50. The number of hydrogen-bond acceptors (Lipinski definition) is 12. The first-order valence-electron chi connectivity index (χ1n) is 16.3. The molecule has 1 amide bonds. The predicted molar refractivity (Wildman–Crippen MR) is 173 cm³/mol. The molecule has 3 aliphatic heterocycles. The largest absolute Gasteiger partial charge is 0.489 e. The van der Waals surface area contributed by atoms with Gasteiger partial charge in [-0.05, 0) is 56.0 Å². The van der Waals surface area contributed by atoms with E-state index in [2.05, 4.69) is 5.16 Å². The lowest BCUT2D eigenvalue weighted by molar-refractivity contribution is -0.0908. The van der Waals surface area contributed by atoms with E-state index in [1.165, 1.54) is 16.4 Å². The van der Waals surface area contributed by atoms with Crippen LogP contribution >= 0.6 is 0 Å². The first kappa shape index (κ1) is 35.0. The van der Waals surface area contributed by atoms with Crippen LogP contribution in [0.3, 0.4) is 0 Å². The van der Waals surface area contributed by atoms with Crippen LogP contribution in [-0.2, 0) is 37.3 Å². The molecule has 0 bridgehead atoms. The fourth-order valence-corrected chi connectivity index (χ4v) is 8.68. The molecule has 1 aromatic heterocycles. The summed E-state index contributed by atoms with van der Waals surface area (Å²) in [6, 6.07) is 10.5. The van der Waals surface area contributed by atoms with Gasteiger partial charge in [0.2, 0.25) is 16.8 Å². The molecule has 14 nitrogen and oxygen atoms in total. The Kier molecular flexibility index (Phi) is 10.4. The minimum atomic E-state index is -4.26. The predicted octanol–water partition coefficient (Wildman–Crippen LogP) is 3.69. The summed E-state index contributed by atoms with van der Waals surface area (Å²) in [6.07, 6.45) is -3.67. The van der Waals surface area contributed by atoms with Crippen LogP contribution in [0.5, 0.6) is 17.2 Å². The number of aryl methyl sites for hydroxylation is 2. The topological polar surface area (TPSA) is 182 Å². The van der Waals surface area contributed by atoms with E-state index in [1.807, 2.05) is 27.7 Å². The van der Waals surface area contributed by atoms with E-state index in [1.54, 1.807) is 30.3 Å². The quantitative estimate of drug-likeness (QED) is 0.249. The fraction of sp³-hybridized carbons (Fsp3) is 0.529. The van der Waals surface area contributed by atoms with E-state index >= 15 is 0 Å². The Morgan fingerprint density at radius 3 is 2.55 bits per heavy atom. The molecule has 2 aromatic carbocycles. The highest BCUT2D eigenvalue weighted by atomic mass is 32.2. The summed E-state index contributed by atoms with van der Waals surface area (Å²) < 4.78 is 69.8. The maximum atomic E-state index is 14.6. The second-order valence-corrected chi connectivity index (χ2v) is 15.0. The van der Waals surface area contributed by atoms with Crippen LogP contribution in [0, 0.1) is 31.6 Å². The van der Waals surface area contributed by atoms with Crippen LogP contribution < -0.4 is 19.9 Å². The van der Waals surface area contributed by atoms with E-state index in [0.29, 0.717) is 41.6 Å². The van der Waals surface area contributed by atoms with Gasteiger partial charge in [-0.25, -0.2) is 13.2 Å². The van der Waals surface area contributed by atoms with Gasteiger partial charge in [0, 0.05) is 30.9 Å². The molecule has 3 aromatic rings. The van der Waals surface area contributed by atoms with E-state index in [0.717, 1.165) is 11.3 Å². The van der Waals surface area contributed by atoms with E-state index in [4.69, 9.17) is 38.7 Å². The minimum absolute atomic E-state index is 0.0151. The normalized spacial score (nSPS) is 21.9. The van der Waals surface area contributed by atoms with E-state index < -0.39 is 46.6 Å². The minimum Gasteiger partial charge on any atom is -0.489 e. The number of sulfonamides is 1. The molecule has 2 saturated heterocycles. The maximum Gasteiger partial charge on any atom is 0.404 e. The number of carbonyl (C=O) groups excluding carboxylic acids is 1. The number of aromatic nitrogens is 1. The number of aliphatic hydroxyl groups is 1. The molecule has 15 heteroatoms. The van der Waals surface area contributed by atoms with E-state index in [-0.39, 0.29) is 49.7 Å². The fourth-order valence-electron chi connectivity index (χ4n) is 6.82. The number of rotatable bonds is 14. The van der Waals surface area contributed by atoms with Crippen LogP contribution in [0.15, 0.2) is 51.9 Å². The number of primary amides is 1. The molecule has 3 aliphatic rings. The molecule has 3 N–H and O–H groups in total. The van der Waals surface area contributed by atoms with E-state index in [9.17, 15) is 18.3 Å². The van der Waals surface area contributed by atoms with Gasteiger partial charge in [-0.3, -0.25) is 0 Å². The number of aliphatic hydroxyl groups excluding tert-OH is 1. The highest BCUT2D eigenvalue weighted by Gasteiger charge is 2.53. The summed E-state index contributed by atoms with van der Waals surface area (Å²) in [4.78, 5) is 12.2. The summed E-state index contributed by atoms with van der Waals surface area (Å²) in [7, 11) is -4.26. The molecule has 6 rings (SSSR count). The number of amides is 1. The van der Waals surface area contributed by atoms with Gasteiger partial charge in [-0.15, -0.1) is 0 Å². The first-order chi connectivity index (χ1) is 23.4. The van der Waals surface area contributed by atoms with Gasteiger partial charge in [-0.1, -0.05) is 31.1 Å². The average molecular weight is 702 g/mol. The zero-order chi connectivity index (χ0) is 34.9. The van der Waals surface area contributed by atoms with Crippen molar-refractivity contribution in [1.29, 1.82) is 0 Å². The number of nitrogens with zero attached hydrogens (tertiary/aromatic N) is 2. The van der Waals surface area contributed by atoms with Gasteiger partial charge in [-0.2, -0.15) is 4.31 Å². The zero-order valence-electron chi connectivity index (χ0n) is 27.9. The molecule has 6 atom stereocenters. The van der Waals surface area contributed by atoms with Crippen LogP contribution in [0.25, 0.3) is 0 Å². The second-order valence-electron chi connectivity index (χ2n) is 13.1. The number of benzene rings is 2. The summed E-state index contributed by atoms with van der Waals surface area (Å²) in [5, 5.41) is 16.2. The zero-order valence-corrected chi connectivity index (χ0v) is 28.8. The van der Waals surface area contributed by atoms with Crippen molar-refractivity contribution in [3.63, 3.8) is 0 Å². The molecule has 1 unspecified atom stereocenters. The van der Waals surface area contributed by atoms with Crippen LogP contribution in [0.2, 0.25) is 0 Å². The lowest BCUT2D eigenvalue weighted by atomic mass is 9.82. The smallest absolute Gasteiger partial charge is 0.404 e. The van der Waals surface area contributed by atoms with Gasteiger partial charge in [0.05, 0.1) is 35.4 Å². The van der Waals surface area contributed by atoms with Gasteiger partial charge >= 0.3 is 6.09 Å². The Morgan fingerprint density at radius 1 is 1.10 bits per heavy atom. The lowest BCUT2D eigenvalue weighted by Gasteiger charge is -2.41.